The van der Waals surface area contributed by atoms with E-state index < -0.39 is 0 Å². The zero-order valence-electron chi connectivity index (χ0n) is 11.2. The summed E-state index contributed by atoms with van der Waals surface area (Å²) in [6, 6.07) is 0.558. The molecule has 0 radical (unpaired) electrons. The quantitative estimate of drug-likeness (QED) is 0.757. The lowest BCUT2D eigenvalue weighted by Crippen LogP contribution is -2.41. The molecule has 1 fully saturated rings. The van der Waals surface area contributed by atoms with Crippen molar-refractivity contribution in [2.45, 2.75) is 52.4 Å². The minimum absolute atomic E-state index is 0.0272. The van der Waals surface area contributed by atoms with Gasteiger partial charge in [-0.15, -0.1) is 0 Å². The van der Waals surface area contributed by atoms with Crippen molar-refractivity contribution in [3.05, 3.63) is 0 Å². The molecule has 1 saturated heterocycles. The smallest absolute Gasteiger partial charge is 0.241 e. The van der Waals surface area contributed by atoms with Crippen LogP contribution >= 0.6 is 0 Å². The molecule has 94 valence electrons. The Morgan fingerprint density at radius 3 is 2.56 bits per heavy atom. The van der Waals surface area contributed by atoms with E-state index in [2.05, 4.69) is 38.0 Å². The van der Waals surface area contributed by atoms with Crippen LogP contribution in [0.25, 0.3) is 0 Å². The van der Waals surface area contributed by atoms with Gasteiger partial charge in [-0.1, -0.05) is 6.92 Å². The number of likely N-dealkylation sites (N-methyl/N-ethyl adjacent to an activating group) is 1. The van der Waals surface area contributed by atoms with Gasteiger partial charge in [0.25, 0.3) is 0 Å². The molecule has 0 spiro atoms. The minimum Gasteiger partial charge on any atom is -0.325 e. The van der Waals surface area contributed by atoms with Gasteiger partial charge in [0.1, 0.15) is 0 Å². The molecule has 16 heavy (non-hydrogen) atoms. The van der Waals surface area contributed by atoms with Crippen molar-refractivity contribution in [1.82, 2.24) is 15.1 Å². The molecule has 0 aromatic carbocycles. The number of nitrogens with zero attached hydrogens (tertiary/aromatic N) is 2. The van der Waals surface area contributed by atoms with E-state index in [-0.39, 0.29) is 18.1 Å². The third kappa shape index (κ3) is 2.95. The molecule has 1 N–H and O–H groups in total. The summed E-state index contributed by atoms with van der Waals surface area (Å²) in [4.78, 5) is 16.2. The zero-order chi connectivity index (χ0) is 12.3. The Hall–Kier alpha value is -0.610. The summed E-state index contributed by atoms with van der Waals surface area (Å²) in [5.74, 6) is 0.257. The maximum absolute atomic E-state index is 12.0. The summed E-state index contributed by atoms with van der Waals surface area (Å²) in [6.07, 6.45) is 1.05. The van der Waals surface area contributed by atoms with E-state index in [9.17, 15) is 4.79 Å². The van der Waals surface area contributed by atoms with E-state index in [0.717, 1.165) is 19.5 Å². The summed E-state index contributed by atoms with van der Waals surface area (Å²) in [5.41, 5.74) is 0. The second-order valence-electron chi connectivity index (χ2n) is 4.91. The average Bonchev–Trinajstić information content (AvgIpc) is 2.51. The molecule has 2 atom stereocenters. The van der Waals surface area contributed by atoms with Crippen molar-refractivity contribution < 1.29 is 4.79 Å². The van der Waals surface area contributed by atoms with Crippen LogP contribution < -0.4 is 5.32 Å². The number of carbonyl (C=O) groups is 1. The molecular weight excluding hydrogens is 202 g/mol. The zero-order valence-corrected chi connectivity index (χ0v) is 11.2. The van der Waals surface area contributed by atoms with Gasteiger partial charge < -0.3 is 9.80 Å². The highest BCUT2D eigenvalue weighted by Crippen LogP contribution is 2.12. The first-order valence-electron chi connectivity index (χ1n) is 6.24. The molecule has 0 saturated carbocycles. The molecule has 0 aliphatic carbocycles. The fourth-order valence-corrected chi connectivity index (χ4v) is 1.96. The van der Waals surface area contributed by atoms with E-state index in [1.165, 1.54) is 0 Å². The van der Waals surface area contributed by atoms with Crippen LogP contribution in [0.15, 0.2) is 0 Å². The predicted octanol–water partition coefficient (Wildman–Crippen LogP) is 0.883. The molecule has 0 bridgehead atoms. The van der Waals surface area contributed by atoms with Crippen LogP contribution in [-0.2, 0) is 4.79 Å². The first-order valence-corrected chi connectivity index (χ1v) is 6.24. The standard InChI is InChI=1S/C12H25N3O/c1-6-11-12(16)15(10(4)13-11)8-7-14(5)9(2)3/h9-11,13H,6-8H2,1-5H3. The molecule has 1 aliphatic heterocycles. The van der Waals surface area contributed by atoms with Crippen molar-refractivity contribution in [2.24, 2.45) is 0 Å². The third-order valence-corrected chi connectivity index (χ3v) is 3.47. The van der Waals surface area contributed by atoms with Crippen LogP contribution in [0.1, 0.15) is 34.1 Å². The lowest BCUT2D eigenvalue weighted by molar-refractivity contribution is -0.130. The van der Waals surface area contributed by atoms with Crippen molar-refractivity contribution in [1.29, 1.82) is 0 Å². The SMILES string of the molecule is CCC1NC(C)N(CCN(C)C(C)C)C1=O. The number of hydrogen-bond donors (Lipinski definition) is 1. The normalized spacial score (nSPS) is 26.2. The van der Waals surface area contributed by atoms with E-state index in [1.54, 1.807) is 0 Å². The molecule has 1 aliphatic rings. The fourth-order valence-electron chi connectivity index (χ4n) is 1.96. The Kier molecular flexibility index (Phi) is 4.74. The molecule has 1 rings (SSSR count). The van der Waals surface area contributed by atoms with Crippen molar-refractivity contribution >= 4 is 5.91 Å². The van der Waals surface area contributed by atoms with Gasteiger partial charge in [-0.05, 0) is 34.2 Å². The molecule has 1 amide bonds. The van der Waals surface area contributed by atoms with E-state index in [4.69, 9.17) is 0 Å². The van der Waals surface area contributed by atoms with Crippen LogP contribution in [0.4, 0.5) is 0 Å². The van der Waals surface area contributed by atoms with Gasteiger partial charge in [-0.25, -0.2) is 0 Å². The summed E-state index contributed by atoms with van der Waals surface area (Å²) in [6.45, 7) is 10.2. The largest absolute Gasteiger partial charge is 0.325 e. The molecule has 1 heterocycles. The van der Waals surface area contributed by atoms with Crippen LogP contribution in [0, 0.1) is 0 Å². The number of carbonyl (C=O) groups excluding carboxylic acids is 1. The van der Waals surface area contributed by atoms with E-state index in [1.807, 2.05) is 11.8 Å². The van der Waals surface area contributed by atoms with E-state index >= 15 is 0 Å². The van der Waals surface area contributed by atoms with Gasteiger partial charge in [0, 0.05) is 19.1 Å². The highest BCUT2D eigenvalue weighted by Gasteiger charge is 2.34. The number of nitrogens with one attached hydrogen (secondary N) is 1. The van der Waals surface area contributed by atoms with E-state index in [0.29, 0.717) is 6.04 Å². The second kappa shape index (κ2) is 5.64. The van der Waals surface area contributed by atoms with Crippen molar-refractivity contribution in [3.63, 3.8) is 0 Å². The molecule has 0 aromatic rings. The first kappa shape index (κ1) is 13.5. The molecule has 4 heteroatoms. The summed E-state index contributed by atoms with van der Waals surface area (Å²) < 4.78 is 0. The van der Waals surface area contributed by atoms with Gasteiger partial charge in [0.05, 0.1) is 12.2 Å². The molecule has 2 unspecified atom stereocenters. The van der Waals surface area contributed by atoms with Crippen LogP contribution in [0.2, 0.25) is 0 Å². The monoisotopic (exact) mass is 227 g/mol. The Bertz CT molecular complexity index is 242. The minimum atomic E-state index is 0.0272. The van der Waals surface area contributed by atoms with Crippen LogP contribution in [-0.4, -0.2) is 54.1 Å². The lowest BCUT2D eigenvalue weighted by Gasteiger charge is -2.26. The third-order valence-electron chi connectivity index (χ3n) is 3.47. The highest BCUT2D eigenvalue weighted by atomic mass is 16.2. The average molecular weight is 227 g/mol. The Morgan fingerprint density at radius 1 is 1.50 bits per heavy atom. The summed E-state index contributed by atoms with van der Waals surface area (Å²) in [7, 11) is 2.10. The number of amides is 1. The van der Waals surface area contributed by atoms with Gasteiger partial charge in [0.15, 0.2) is 0 Å². The molecule has 0 aromatic heterocycles. The molecular formula is C12H25N3O. The van der Waals surface area contributed by atoms with Gasteiger partial charge in [0.2, 0.25) is 5.91 Å². The van der Waals surface area contributed by atoms with Crippen LogP contribution in [0.5, 0.6) is 0 Å². The van der Waals surface area contributed by atoms with Crippen LogP contribution in [0.3, 0.4) is 0 Å². The maximum atomic E-state index is 12.0. The Labute approximate surface area is 99.0 Å². The maximum Gasteiger partial charge on any atom is 0.241 e. The summed E-state index contributed by atoms with van der Waals surface area (Å²) in [5, 5.41) is 3.31. The predicted molar refractivity (Wildman–Crippen MR) is 66.2 cm³/mol. The lowest BCUT2D eigenvalue weighted by atomic mass is 10.2. The number of rotatable bonds is 5. The fraction of sp³-hybridized carbons (Fsp3) is 0.917. The van der Waals surface area contributed by atoms with Gasteiger partial charge in [-0.2, -0.15) is 0 Å². The van der Waals surface area contributed by atoms with Crippen molar-refractivity contribution in [3.8, 4) is 0 Å². The summed E-state index contributed by atoms with van der Waals surface area (Å²) >= 11 is 0. The Morgan fingerprint density at radius 2 is 2.12 bits per heavy atom. The number of hydrogen-bond acceptors (Lipinski definition) is 3. The molecule has 4 nitrogen and oxygen atoms in total. The Balaban J connectivity index is 2.45. The topological polar surface area (TPSA) is 35.6 Å². The van der Waals surface area contributed by atoms with Gasteiger partial charge in [-0.3, -0.25) is 10.1 Å². The van der Waals surface area contributed by atoms with Crippen molar-refractivity contribution in [2.75, 3.05) is 20.1 Å². The second-order valence-corrected chi connectivity index (χ2v) is 4.91. The first-order chi connectivity index (χ1) is 7.47. The van der Waals surface area contributed by atoms with Gasteiger partial charge >= 0.3 is 0 Å². The highest BCUT2D eigenvalue weighted by molar-refractivity contribution is 5.84.